The molecule has 1 saturated carbocycles. The average molecular weight is 387 g/mol. The predicted octanol–water partition coefficient (Wildman–Crippen LogP) is 1.76. The van der Waals surface area contributed by atoms with Gasteiger partial charge >= 0.3 is 0 Å². The van der Waals surface area contributed by atoms with Crippen molar-refractivity contribution in [2.45, 2.75) is 25.2 Å². The van der Waals surface area contributed by atoms with Gasteiger partial charge in [0.2, 0.25) is 5.91 Å². The van der Waals surface area contributed by atoms with Crippen LogP contribution in [0.15, 0.2) is 36.4 Å². The normalized spacial score (nSPS) is 16.8. The summed E-state index contributed by atoms with van der Waals surface area (Å²) in [6.45, 7) is 2.84. The number of hydrogen-bond acceptors (Lipinski definition) is 6. The molecule has 1 amide bonds. The Hall–Kier alpha value is -3.47. The Labute approximate surface area is 168 Å². The molecule has 0 spiro atoms. The number of anilines is 1. The highest BCUT2D eigenvalue weighted by atomic mass is 16.2. The van der Waals surface area contributed by atoms with Crippen LogP contribution in [0, 0.1) is 11.3 Å². The molecule has 5 rings (SSSR count). The summed E-state index contributed by atoms with van der Waals surface area (Å²) < 4.78 is 1.87. The molecule has 146 valence electrons. The van der Waals surface area contributed by atoms with Gasteiger partial charge in [0, 0.05) is 32.1 Å². The molecule has 0 bridgehead atoms. The maximum atomic E-state index is 12.6. The van der Waals surface area contributed by atoms with Gasteiger partial charge in [0.25, 0.3) is 0 Å². The van der Waals surface area contributed by atoms with Crippen LogP contribution in [0.1, 0.15) is 35.7 Å². The molecular weight excluding hydrogens is 366 g/mol. The lowest BCUT2D eigenvalue weighted by atomic mass is 10.1. The molecule has 0 radical (unpaired) electrons. The molecule has 29 heavy (non-hydrogen) atoms. The molecule has 3 heterocycles. The van der Waals surface area contributed by atoms with Crippen LogP contribution in [-0.2, 0) is 11.2 Å². The molecule has 1 aliphatic carbocycles. The van der Waals surface area contributed by atoms with Crippen LogP contribution < -0.4 is 4.90 Å². The van der Waals surface area contributed by atoms with E-state index < -0.39 is 0 Å². The van der Waals surface area contributed by atoms with Gasteiger partial charge in [-0.1, -0.05) is 12.1 Å². The molecule has 0 unspecified atom stereocenters. The van der Waals surface area contributed by atoms with Crippen LogP contribution in [0.25, 0.3) is 5.65 Å². The van der Waals surface area contributed by atoms with Gasteiger partial charge in [-0.2, -0.15) is 9.78 Å². The van der Waals surface area contributed by atoms with Crippen molar-refractivity contribution in [1.29, 1.82) is 5.26 Å². The van der Waals surface area contributed by atoms with Crippen molar-refractivity contribution in [3.05, 3.63) is 53.3 Å². The standard InChI is InChI=1S/C21H21N7O/c22-14-16-3-1-15(2-4-16)13-20(29)27-11-9-26(10-12-27)19-8-7-18-23-24-21(17-5-6-17)28(18)25-19/h1-4,7-8,17H,5-6,9-13H2. The zero-order valence-corrected chi connectivity index (χ0v) is 16.0. The molecule has 8 heteroatoms. The summed E-state index contributed by atoms with van der Waals surface area (Å²) in [4.78, 5) is 16.8. The third-order valence-corrected chi connectivity index (χ3v) is 5.61. The number of piperazine rings is 1. The van der Waals surface area contributed by atoms with Gasteiger partial charge in [-0.05, 0) is 42.7 Å². The van der Waals surface area contributed by atoms with Crippen LogP contribution in [0.5, 0.6) is 0 Å². The Balaban J connectivity index is 1.23. The fourth-order valence-electron chi connectivity index (χ4n) is 3.73. The number of nitrogens with zero attached hydrogens (tertiary/aromatic N) is 7. The highest BCUT2D eigenvalue weighted by Gasteiger charge is 2.30. The van der Waals surface area contributed by atoms with E-state index in [1.165, 1.54) is 0 Å². The van der Waals surface area contributed by atoms with E-state index >= 15 is 0 Å². The third-order valence-electron chi connectivity index (χ3n) is 5.61. The Morgan fingerprint density at radius 1 is 1.03 bits per heavy atom. The minimum atomic E-state index is 0.118. The van der Waals surface area contributed by atoms with E-state index in [0.29, 0.717) is 31.0 Å². The Morgan fingerprint density at radius 3 is 2.48 bits per heavy atom. The minimum absolute atomic E-state index is 0.118. The zero-order chi connectivity index (χ0) is 19.8. The minimum Gasteiger partial charge on any atom is -0.352 e. The van der Waals surface area contributed by atoms with Crippen LogP contribution in [0.3, 0.4) is 0 Å². The number of rotatable bonds is 4. The maximum absolute atomic E-state index is 12.6. The van der Waals surface area contributed by atoms with E-state index in [0.717, 1.165) is 48.8 Å². The number of aromatic nitrogens is 4. The Bertz CT molecular complexity index is 1090. The van der Waals surface area contributed by atoms with Crippen molar-refractivity contribution in [2.24, 2.45) is 0 Å². The molecule has 2 aromatic heterocycles. The van der Waals surface area contributed by atoms with Crippen molar-refractivity contribution in [3.8, 4) is 6.07 Å². The molecule has 1 aromatic carbocycles. The zero-order valence-electron chi connectivity index (χ0n) is 16.0. The van der Waals surface area contributed by atoms with Crippen molar-refractivity contribution in [2.75, 3.05) is 31.1 Å². The fraction of sp³-hybridized carbons (Fsp3) is 0.381. The molecule has 2 aliphatic rings. The summed E-state index contributed by atoms with van der Waals surface area (Å²) in [7, 11) is 0. The Kier molecular flexibility index (Phi) is 4.35. The highest BCUT2D eigenvalue weighted by molar-refractivity contribution is 5.79. The summed E-state index contributed by atoms with van der Waals surface area (Å²) in [6.07, 6.45) is 2.68. The van der Waals surface area contributed by atoms with Gasteiger partial charge < -0.3 is 9.80 Å². The number of carbonyl (C=O) groups is 1. The number of hydrogen-bond donors (Lipinski definition) is 0. The number of amides is 1. The van der Waals surface area contributed by atoms with Crippen LogP contribution in [0.2, 0.25) is 0 Å². The lowest BCUT2D eigenvalue weighted by Crippen LogP contribution is -2.49. The first-order valence-corrected chi connectivity index (χ1v) is 9.95. The predicted molar refractivity (Wildman–Crippen MR) is 106 cm³/mol. The largest absolute Gasteiger partial charge is 0.352 e. The first-order valence-electron chi connectivity index (χ1n) is 9.95. The molecule has 8 nitrogen and oxygen atoms in total. The third kappa shape index (κ3) is 3.51. The first kappa shape index (κ1) is 17.6. The fourth-order valence-corrected chi connectivity index (χ4v) is 3.73. The topological polar surface area (TPSA) is 90.4 Å². The van der Waals surface area contributed by atoms with Crippen LogP contribution in [-0.4, -0.2) is 56.8 Å². The summed E-state index contributed by atoms with van der Waals surface area (Å²) >= 11 is 0. The van der Waals surface area contributed by atoms with Crippen LogP contribution >= 0.6 is 0 Å². The molecule has 1 saturated heterocycles. The average Bonchev–Trinajstić information content (AvgIpc) is 3.53. The smallest absolute Gasteiger partial charge is 0.227 e. The van der Waals surface area contributed by atoms with Crippen LogP contribution in [0.4, 0.5) is 5.82 Å². The number of fused-ring (bicyclic) bond motifs is 1. The number of benzene rings is 1. The molecule has 0 atom stereocenters. The van der Waals surface area contributed by atoms with Crippen molar-refractivity contribution in [3.63, 3.8) is 0 Å². The van der Waals surface area contributed by atoms with E-state index in [4.69, 9.17) is 10.4 Å². The second-order valence-corrected chi connectivity index (χ2v) is 7.65. The van der Waals surface area contributed by atoms with E-state index in [-0.39, 0.29) is 5.91 Å². The summed E-state index contributed by atoms with van der Waals surface area (Å²) in [5, 5.41) is 22.1. The van der Waals surface area contributed by atoms with Gasteiger partial charge in [-0.25, -0.2) is 0 Å². The summed E-state index contributed by atoms with van der Waals surface area (Å²) in [5.74, 6) is 2.47. The van der Waals surface area contributed by atoms with E-state index in [1.54, 1.807) is 12.1 Å². The molecular formula is C21H21N7O. The summed E-state index contributed by atoms with van der Waals surface area (Å²) in [6, 6.07) is 13.2. The lowest BCUT2D eigenvalue weighted by Gasteiger charge is -2.35. The Morgan fingerprint density at radius 2 is 1.79 bits per heavy atom. The number of nitriles is 1. The number of carbonyl (C=O) groups excluding carboxylic acids is 1. The second kappa shape index (κ2) is 7.17. The first-order chi connectivity index (χ1) is 14.2. The van der Waals surface area contributed by atoms with Gasteiger partial charge in [0.1, 0.15) is 5.82 Å². The van der Waals surface area contributed by atoms with E-state index in [1.807, 2.05) is 33.7 Å². The van der Waals surface area contributed by atoms with Crippen molar-refractivity contribution >= 4 is 17.4 Å². The SMILES string of the molecule is N#Cc1ccc(CC(=O)N2CCN(c3ccc4nnc(C5CC5)n4n3)CC2)cc1. The quantitative estimate of drug-likeness (QED) is 0.678. The van der Waals surface area contributed by atoms with Gasteiger partial charge in [0.05, 0.1) is 18.1 Å². The highest BCUT2D eigenvalue weighted by Crippen LogP contribution is 2.38. The van der Waals surface area contributed by atoms with E-state index in [2.05, 4.69) is 21.2 Å². The summed E-state index contributed by atoms with van der Waals surface area (Å²) in [5.41, 5.74) is 2.33. The molecule has 2 fully saturated rings. The van der Waals surface area contributed by atoms with Gasteiger partial charge in [0.15, 0.2) is 11.5 Å². The molecule has 3 aromatic rings. The van der Waals surface area contributed by atoms with Gasteiger partial charge in [-0.15, -0.1) is 15.3 Å². The van der Waals surface area contributed by atoms with Crippen molar-refractivity contribution in [1.82, 2.24) is 24.7 Å². The maximum Gasteiger partial charge on any atom is 0.227 e. The monoisotopic (exact) mass is 387 g/mol. The second-order valence-electron chi connectivity index (χ2n) is 7.65. The van der Waals surface area contributed by atoms with E-state index in [9.17, 15) is 4.79 Å². The van der Waals surface area contributed by atoms with Gasteiger partial charge in [-0.3, -0.25) is 4.79 Å². The van der Waals surface area contributed by atoms with Crippen molar-refractivity contribution < 1.29 is 4.79 Å². The molecule has 0 N–H and O–H groups in total. The lowest BCUT2D eigenvalue weighted by molar-refractivity contribution is -0.130. The molecule has 1 aliphatic heterocycles.